The largest absolute Gasteiger partial charge is 0.490 e. The fourth-order valence-corrected chi connectivity index (χ4v) is 4.17. The Morgan fingerprint density at radius 3 is 2.65 bits per heavy atom. The minimum Gasteiger partial charge on any atom is -0.490 e. The highest BCUT2D eigenvalue weighted by atomic mass is 35.5. The Bertz CT molecular complexity index is 770. The van der Waals surface area contributed by atoms with Crippen LogP contribution in [-0.4, -0.2) is 35.3 Å². The predicted molar refractivity (Wildman–Crippen MR) is 89.3 cm³/mol. The van der Waals surface area contributed by atoms with Crippen molar-refractivity contribution in [3.8, 4) is 5.75 Å². The molecule has 2 aromatic rings. The molecule has 4 rings (SSSR count). The zero-order valence-corrected chi connectivity index (χ0v) is 13.4. The van der Waals surface area contributed by atoms with Gasteiger partial charge in [-0.3, -0.25) is 0 Å². The van der Waals surface area contributed by atoms with Crippen LogP contribution in [0, 0.1) is 5.41 Å². The first kappa shape index (κ1) is 14.6. The summed E-state index contributed by atoms with van der Waals surface area (Å²) >= 11 is 6.24. The van der Waals surface area contributed by atoms with Crippen molar-refractivity contribution in [2.75, 3.05) is 13.1 Å². The van der Waals surface area contributed by atoms with Gasteiger partial charge >= 0.3 is 6.09 Å². The number of amides is 1. The quantitative estimate of drug-likeness (QED) is 0.887. The van der Waals surface area contributed by atoms with Gasteiger partial charge in [0, 0.05) is 28.9 Å². The van der Waals surface area contributed by atoms with Crippen LogP contribution in [0.3, 0.4) is 0 Å². The van der Waals surface area contributed by atoms with E-state index in [-0.39, 0.29) is 11.5 Å². The van der Waals surface area contributed by atoms with Gasteiger partial charge in [0.05, 0.1) is 6.10 Å². The van der Waals surface area contributed by atoms with E-state index in [0.29, 0.717) is 13.1 Å². The Kier molecular flexibility index (Phi) is 3.38. The fourth-order valence-electron chi connectivity index (χ4n) is 3.94. The highest BCUT2D eigenvalue weighted by molar-refractivity contribution is 6.35. The molecule has 5 heteroatoms. The molecule has 0 atom stereocenters. The second-order valence-corrected chi connectivity index (χ2v) is 7.10. The minimum atomic E-state index is -0.810. The maximum Gasteiger partial charge on any atom is 0.407 e. The number of halogens is 1. The van der Waals surface area contributed by atoms with Crippen LogP contribution >= 0.6 is 11.6 Å². The Hall–Kier alpha value is -1.94. The number of ether oxygens (including phenoxy) is 1. The molecule has 1 amide bonds. The summed E-state index contributed by atoms with van der Waals surface area (Å²) in [5, 5.41) is 11.8. The standard InChI is InChI=1S/C18H18ClNO3/c19-15-5-6-16(14-4-2-1-3-13(14)15)23-12-9-18(10-12)7-8-20(11-18)17(21)22/h1-6,12H,7-11H2,(H,21,22). The van der Waals surface area contributed by atoms with Crippen LogP contribution < -0.4 is 4.74 Å². The topological polar surface area (TPSA) is 49.8 Å². The number of carbonyl (C=O) groups is 1. The van der Waals surface area contributed by atoms with Crippen molar-refractivity contribution in [3.63, 3.8) is 0 Å². The van der Waals surface area contributed by atoms with Gasteiger partial charge in [0.2, 0.25) is 0 Å². The number of hydrogen-bond acceptors (Lipinski definition) is 2. The molecule has 23 heavy (non-hydrogen) atoms. The van der Waals surface area contributed by atoms with E-state index in [0.717, 1.165) is 40.8 Å². The number of likely N-dealkylation sites (tertiary alicyclic amines) is 1. The number of nitrogens with zero attached hydrogens (tertiary/aromatic N) is 1. The summed E-state index contributed by atoms with van der Waals surface area (Å²) in [7, 11) is 0. The van der Waals surface area contributed by atoms with Crippen molar-refractivity contribution < 1.29 is 14.6 Å². The molecule has 1 aliphatic carbocycles. The highest BCUT2D eigenvalue weighted by Crippen LogP contribution is 2.50. The van der Waals surface area contributed by atoms with Crippen molar-refractivity contribution in [1.29, 1.82) is 0 Å². The number of rotatable bonds is 2. The predicted octanol–water partition coefficient (Wildman–Crippen LogP) is 4.40. The lowest BCUT2D eigenvalue weighted by atomic mass is 9.66. The summed E-state index contributed by atoms with van der Waals surface area (Å²) < 4.78 is 6.18. The molecule has 0 bridgehead atoms. The summed E-state index contributed by atoms with van der Waals surface area (Å²) in [6.07, 6.45) is 2.14. The Morgan fingerprint density at radius 2 is 1.96 bits per heavy atom. The first-order valence-electron chi connectivity index (χ1n) is 7.88. The molecule has 1 spiro atoms. The lowest BCUT2D eigenvalue weighted by Crippen LogP contribution is -2.46. The van der Waals surface area contributed by atoms with Gasteiger partial charge in [0.15, 0.2) is 0 Å². The molecule has 0 unspecified atom stereocenters. The van der Waals surface area contributed by atoms with Gasteiger partial charge in [0.1, 0.15) is 5.75 Å². The van der Waals surface area contributed by atoms with Gasteiger partial charge < -0.3 is 14.7 Å². The minimum absolute atomic E-state index is 0.130. The summed E-state index contributed by atoms with van der Waals surface area (Å²) in [4.78, 5) is 12.6. The number of hydrogen-bond donors (Lipinski definition) is 1. The van der Waals surface area contributed by atoms with E-state index >= 15 is 0 Å². The second-order valence-electron chi connectivity index (χ2n) is 6.69. The maximum atomic E-state index is 11.1. The Balaban J connectivity index is 1.47. The third-order valence-corrected chi connectivity index (χ3v) is 5.48. The maximum absolute atomic E-state index is 11.1. The van der Waals surface area contributed by atoms with Gasteiger partial charge in [-0.2, -0.15) is 0 Å². The highest BCUT2D eigenvalue weighted by Gasteiger charge is 2.50. The average molecular weight is 332 g/mol. The van der Waals surface area contributed by atoms with Crippen molar-refractivity contribution in [2.24, 2.45) is 5.41 Å². The number of benzene rings is 2. The zero-order chi connectivity index (χ0) is 16.0. The lowest BCUT2D eigenvalue weighted by molar-refractivity contribution is -0.00644. The summed E-state index contributed by atoms with van der Waals surface area (Å²) in [5.41, 5.74) is 0.130. The van der Waals surface area contributed by atoms with E-state index in [4.69, 9.17) is 21.4 Å². The SMILES string of the molecule is O=C(O)N1CCC2(CC(Oc3ccc(Cl)c4ccccc34)C2)C1. The van der Waals surface area contributed by atoms with Crippen molar-refractivity contribution >= 4 is 28.5 Å². The van der Waals surface area contributed by atoms with Crippen LogP contribution in [0.25, 0.3) is 10.8 Å². The molecule has 2 fully saturated rings. The molecule has 0 radical (unpaired) electrons. The molecule has 4 nitrogen and oxygen atoms in total. The van der Waals surface area contributed by atoms with Crippen LogP contribution in [0.2, 0.25) is 5.02 Å². The monoisotopic (exact) mass is 331 g/mol. The summed E-state index contributed by atoms with van der Waals surface area (Å²) in [6, 6.07) is 11.8. The molecule has 0 aromatic heterocycles. The molecular formula is C18H18ClNO3. The second kappa shape index (κ2) is 5.31. The van der Waals surface area contributed by atoms with E-state index in [1.165, 1.54) is 4.90 Å². The van der Waals surface area contributed by atoms with Gasteiger partial charge in [0.25, 0.3) is 0 Å². The van der Waals surface area contributed by atoms with E-state index in [1.807, 2.05) is 36.4 Å². The Labute approximate surface area is 139 Å². The van der Waals surface area contributed by atoms with Crippen molar-refractivity contribution in [3.05, 3.63) is 41.4 Å². The fraction of sp³-hybridized carbons (Fsp3) is 0.389. The van der Waals surface area contributed by atoms with Crippen LogP contribution in [-0.2, 0) is 0 Å². The van der Waals surface area contributed by atoms with Crippen molar-refractivity contribution in [2.45, 2.75) is 25.4 Å². The van der Waals surface area contributed by atoms with Crippen LogP contribution in [0.4, 0.5) is 4.79 Å². The molecule has 2 aliphatic rings. The van der Waals surface area contributed by atoms with E-state index in [1.54, 1.807) is 0 Å². The molecule has 120 valence electrons. The normalized spacial score (nSPS) is 26.5. The first-order valence-corrected chi connectivity index (χ1v) is 8.26. The average Bonchev–Trinajstić information content (AvgIpc) is 2.95. The van der Waals surface area contributed by atoms with Crippen LogP contribution in [0.5, 0.6) is 5.75 Å². The Morgan fingerprint density at radius 1 is 1.22 bits per heavy atom. The van der Waals surface area contributed by atoms with E-state index < -0.39 is 6.09 Å². The van der Waals surface area contributed by atoms with Crippen LogP contribution in [0.15, 0.2) is 36.4 Å². The smallest absolute Gasteiger partial charge is 0.407 e. The number of fused-ring (bicyclic) bond motifs is 1. The third-order valence-electron chi connectivity index (χ3n) is 5.15. The zero-order valence-electron chi connectivity index (χ0n) is 12.7. The van der Waals surface area contributed by atoms with Gasteiger partial charge in [-0.25, -0.2) is 4.79 Å². The molecule has 1 heterocycles. The number of carboxylic acid groups (broad SMARTS) is 1. The van der Waals surface area contributed by atoms with Crippen LogP contribution in [0.1, 0.15) is 19.3 Å². The summed E-state index contributed by atoms with van der Waals surface area (Å²) in [5.74, 6) is 0.859. The molecular weight excluding hydrogens is 314 g/mol. The molecule has 1 saturated carbocycles. The van der Waals surface area contributed by atoms with Gasteiger partial charge in [-0.1, -0.05) is 35.9 Å². The third kappa shape index (κ3) is 2.51. The first-order chi connectivity index (χ1) is 11.1. The van der Waals surface area contributed by atoms with Gasteiger partial charge in [-0.05, 0) is 36.8 Å². The van der Waals surface area contributed by atoms with E-state index in [9.17, 15) is 4.79 Å². The molecule has 1 aliphatic heterocycles. The van der Waals surface area contributed by atoms with Gasteiger partial charge in [-0.15, -0.1) is 0 Å². The van der Waals surface area contributed by atoms with E-state index in [2.05, 4.69) is 0 Å². The molecule has 1 N–H and O–H groups in total. The van der Waals surface area contributed by atoms with Crippen molar-refractivity contribution in [1.82, 2.24) is 4.90 Å². The molecule has 2 aromatic carbocycles. The lowest BCUT2D eigenvalue weighted by Gasteiger charge is -2.44. The summed E-state index contributed by atoms with van der Waals surface area (Å²) in [6.45, 7) is 1.29. The molecule has 1 saturated heterocycles.